The van der Waals surface area contributed by atoms with Crippen LogP contribution >= 0.6 is 0 Å². The van der Waals surface area contributed by atoms with E-state index in [-0.39, 0.29) is 0 Å². The Bertz CT molecular complexity index is 2530. The number of rotatable bonds is 6. The number of hydrogen-bond acceptors (Lipinski definition) is 3. The highest BCUT2D eigenvalue weighted by molar-refractivity contribution is 6.13. The average molecular weight is 627 g/mol. The number of fused-ring (bicyclic) bond motifs is 3. The van der Waals surface area contributed by atoms with Crippen molar-refractivity contribution in [2.24, 2.45) is 0 Å². The molecule has 2 heterocycles. The second kappa shape index (κ2) is 12.2. The smallest absolute Gasteiger partial charge is 0.164 e. The van der Waals surface area contributed by atoms with Crippen molar-refractivity contribution in [2.45, 2.75) is 0 Å². The summed E-state index contributed by atoms with van der Waals surface area (Å²) in [6, 6.07) is 63.4. The molecule has 49 heavy (non-hydrogen) atoms. The quantitative estimate of drug-likeness (QED) is 0.184. The lowest BCUT2D eigenvalue weighted by Gasteiger charge is -2.13. The number of nitrogens with zero attached hydrogens (tertiary/aromatic N) is 4. The number of aromatic nitrogens is 4. The fraction of sp³-hybridized carbons (Fsp3) is 0. The number of hydrogen-bond donors (Lipinski definition) is 0. The summed E-state index contributed by atoms with van der Waals surface area (Å²) in [6.45, 7) is 0. The third-order valence-corrected chi connectivity index (χ3v) is 9.04. The van der Waals surface area contributed by atoms with E-state index in [1.54, 1.807) is 0 Å². The van der Waals surface area contributed by atoms with Crippen molar-refractivity contribution in [3.8, 4) is 62.1 Å². The van der Waals surface area contributed by atoms with Gasteiger partial charge in [0.05, 0.1) is 11.0 Å². The molecule has 0 fully saturated rings. The van der Waals surface area contributed by atoms with E-state index in [1.807, 2.05) is 60.7 Å². The third kappa shape index (κ3) is 5.26. The Morgan fingerprint density at radius 3 is 1.43 bits per heavy atom. The lowest BCUT2D eigenvalue weighted by Crippen LogP contribution is -2.00. The minimum absolute atomic E-state index is 0.642. The van der Waals surface area contributed by atoms with Gasteiger partial charge < -0.3 is 4.57 Å². The van der Waals surface area contributed by atoms with Crippen LogP contribution in [0.4, 0.5) is 0 Å². The molecule has 7 aromatic carbocycles. The van der Waals surface area contributed by atoms with Crippen LogP contribution in [0, 0.1) is 0 Å². The van der Waals surface area contributed by atoms with Crippen molar-refractivity contribution in [1.29, 1.82) is 0 Å². The molecule has 4 heteroatoms. The topological polar surface area (TPSA) is 43.6 Å². The lowest BCUT2D eigenvalue weighted by atomic mass is 9.96. The maximum absolute atomic E-state index is 4.97. The summed E-state index contributed by atoms with van der Waals surface area (Å²) in [7, 11) is 0. The van der Waals surface area contributed by atoms with Gasteiger partial charge in [0.2, 0.25) is 0 Å². The molecule has 0 N–H and O–H groups in total. The standard InChI is InChI=1S/C45H30N4/c1-4-15-31(16-5-1)43-46-44(32-17-6-2-7-18-32)48-45(47-43)36-22-13-20-34(30-36)33-19-12-21-35(29-33)38-26-14-27-40-39-25-10-11-28-41(39)49(42(38)40)37-23-8-3-9-24-37/h1-30H. The summed E-state index contributed by atoms with van der Waals surface area (Å²) >= 11 is 0. The van der Waals surface area contributed by atoms with Crippen LogP contribution in [0.15, 0.2) is 182 Å². The van der Waals surface area contributed by atoms with Gasteiger partial charge in [-0.3, -0.25) is 0 Å². The normalized spacial score (nSPS) is 11.3. The molecule has 0 saturated heterocycles. The van der Waals surface area contributed by atoms with Crippen LogP contribution in [0.2, 0.25) is 0 Å². The van der Waals surface area contributed by atoms with E-state index >= 15 is 0 Å². The minimum atomic E-state index is 0.642. The van der Waals surface area contributed by atoms with E-state index in [9.17, 15) is 0 Å². The highest BCUT2D eigenvalue weighted by Gasteiger charge is 2.17. The summed E-state index contributed by atoms with van der Waals surface area (Å²) in [4.78, 5) is 14.8. The predicted octanol–water partition coefficient (Wildman–Crippen LogP) is 11.3. The van der Waals surface area contributed by atoms with Gasteiger partial charge in [-0.25, -0.2) is 15.0 Å². The molecule has 0 unspecified atom stereocenters. The van der Waals surface area contributed by atoms with Gasteiger partial charge >= 0.3 is 0 Å². The van der Waals surface area contributed by atoms with Gasteiger partial charge in [-0.1, -0.05) is 152 Å². The van der Waals surface area contributed by atoms with Gasteiger partial charge in [0.25, 0.3) is 0 Å². The average Bonchev–Trinajstić information content (AvgIpc) is 3.53. The van der Waals surface area contributed by atoms with Crippen molar-refractivity contribution < 1.29 is 0 Å². The van der Waals surface area contributed by atoms with Crippen LogP contribution in [0.1, 0.15) is 0 Å². The van der Waals surface area contributed by atoms with Crippen molar-refractivity contribution in [2.75, 3.05) is 0 Å². The lowest BCUT2D eigenvalue weighted by molar-refractivity contribution is 1.07. The number of benzene rings is 7. The predicted molar refractivity (Wildman–Crippen MR) is 201 cm³/mol. The molecule has 2 aromatic heterocycles. The van der Waals surface area contributed by atoms with Gasteiger partial charge in [-0.15, -0.1) is 0 Å². The molecular weight excluding hydrogens is 597 g/mol. The maximum atomic E-state index is 4.97. The van der Waals surface area contributed by atoms with E-state index in [0.29, 0.717) is 17.5 Å². The van der Waals surface area contributed by atoms with E-state index < -0.39 is 0 Å². The largest absolute Gasteiger partial charge is 0.309 e. The molecule has 9 rings (SSSR count). The molecule has 0 radical (unpaired) electrons. The van der Waals surface area contributed by atoms with E-state index in [1.165, 1.54) is 27.4 Å². The van der Waals surface area contributed by atoms with Gasteiger partial charge in [0.1, 0.15) is 0 Å². The molecule has 0 aliphatic heterocycles. The van der Waals surface area contributed by atoms with Crippen molar-refractivity contribution in [1.82, 2.24) is 19.5 Å². The minimum Gasteiger partial charge on any atom is -0.309 e. The second-order valence-electron chi connectivity index (χ2n) is 12.1. The zero-order valence-electron chi connectivity index (χ0n) is 26.6. The Morgan fingerprint density at radius 2 is 0.776 bits per heavy atom. The highest BCUT2D eigenvalue weighted by atomic mass is 15.0. The Labute approximate surface area is 284 Å². The SMILES string of the molecule is c1ccc(-c2nc(-c3ccccc3)nc(-c3cccc(-c4cccc(-c5cccc6c7ccccc7n(-c7ccccc7)c56)c4)c3)n2)cc1. The van der Waals surface area contributed by atoms with Crippen LogP contribution in [0.3, 0.4) is 0 Å². The van der Waals surface area contributed by atoms with Gasteiger partial charge in [-0.2, -0.15) is 0 Å². The summed E-state index contributed by atoms with van der Waals surface area (Å²) in [5.41, 5.74) is 11.0. The molecule has 230 valence electrons. The van der Waals surface area contributed by atoms with Crippen molar-refractivity contribution in [3.05, 3.63) is 182 Å². The fourth-order valence-electron chi connectivity index (χ4n) is 6.74. The first-order chi connectivity index (χ1) is 24.3. The van der Waals surface area contributed by atoms with Crippen LogP contribution in [0.25, 0.3) is 83.9 Å². The van der Waals surface area contributed by atoms with Gasteiger partial charge in [-0.05, 0) is 47.0 Å². The third-order valence-electron chi connectivity index (χ3n) is 9.04. The van der Waals surface area contributed by atoms with E-state index in [4.69, 9.17) is 15.0 Å². The molecule has 0 atom stereocenters. The summed E-state index contributed by atoms with van der Waals surface area (Å²) in [5.74, 6) is 1.94. The Hall–Kier alpha value is -6.65. The molecule has 0 spiro atoms. The summed E-state index contributed by atoms with van der Waals surface area (Å²) < 4.78 is 2.39. The Balaban J connectivity index is 1.17. The fourth-order valence-corrected chi connectivity index (χ4v) is 6.74. The maximum Gasteiger partial charge on any atom is 0.164 e. The molecule has 0 amide bonds. The summed E-state index contributed by atoms with van der Waals surface area (Å²) in [5, 5.41) is 2.48. The molecule has 0 aliphatic rings. The first kappa shape index (κ1) is 28.6. The summed E-state index contributed by atoms with van der Waals surface area (Å²) in [6.07, 6.45) is 0. The van der Waals surface area contributed by atoms with Crippen LogP contribution in [0.5, 0.6) is 0 Å². The monoisotopic (exact) mass is 626 g/mol. The first-order valence-electron chi connectivity index (χ1n) is 16.5. The highest BCUT2D eigenvalue weighted by Crippen LogP contribution is 2.39. The molecular formula is C45H30N4. The molecule has 4 nitrogen and oxygen atoms in total. The van der Waals surface area contributed by atoms with Gasteiger partial charge in [0, 0.05) is 38.7 Å². The van der Waals surface area contributed by atoms with Crippen LogP contribution in [-0.4, -0.2) is 19.5 Å². The van der Waals surface area contributed by atoms with E-state index in [2.05, 4.69) is 126 Å². The zero-order chi connectivity index (χ0) is 32.6. The first-order valence-corrected chi connectivity index (χ1v) is 16.5. The van der Waals surface area contributed by atoms with Crippen molar-refractivity contribution in [3.63, 3.8) is 0 Å². The van der Waals surface area contributed by atoms with Crippen LogP contribution < -0.4 is 0 Å². The Morgan fingerprint density at radius 1 is 0.327 bits per heavy atom. The van der Waals surface area contributed by atoms with Gasteiger partial charge in [0.15, 0.2) is 17.5 Å². The molecule has 0 bridgehead atoms. The number of para-hydroxylation sites is 3. The van der Waals surface area contributed by atoms with E-state index in [0.717, 1.165) is 39.1 Å². The molecule has 9 aromatic rings. The Kier molecular flexibility index (Phi) is 7.10. The zero-order valence-corrected chi connectivity index (χ0v) is 26.6. The molecule has 0 aliphatic carbocycles. The van der Waals surface area contributed by atoms with Crippen LogP contribution in [-0.2, 0) is 0 Å². The second-order valence-corrected chi connectivity index (χ2v) is 12.1. The van der Waals surface area contributed by atoms with Crippen molar-refractivity contribution >= 4 is 21.8 Å². The molecule has 0 saturated carbocycles.